The van der Waals surface area contributed by atoms with Gasteiger partial charge in [-0.3, -0.25) is 0 Å². The average Bonchev–Trinajstić information content (AvgIpc) is 2.84. The molecule has 0 saturated carbocycles. The first kappa shape index (κ1) is 25.2. The summed E-state index contributed by atoms with van der Waals surface area (Å²) in [7, 11) is 0. The van der Waals surface area contributed by atoms with E-state index in [0.29, 0.717) is 30.3 Å². The Morgan fingerprint density at radius 1 is 0.848 bits per heavy atom. The number of rotatable bonds is 14. The van der Waals surface area contributed by atoms with E-state index in [-0.39, 0.29) is 13.0 Å². The molecule has 2 aromatic carbocycles. The maximum absolute atomic E-state index is 12.4. The fraction of sp³-hybridized carbons (Fsp3) is 0.185. The van der Waals surface area contributed by atoms with E-state index in [1.165, 1.54) is 12.2 Å². The molecule has 0 radical (unpaired) electrons. The van der Waals surface area contributed by atoms with Gasteiger partial charge in [0.15, 0.2) is 11.5 Å². The lowest BCUT2D eigenvalue weighted by Gasteiger charge is -2.15. The summed E-state index contributed by atoms with van der Waals surface area (Å²) in [4.78, 5) is 24.8. The highest BCUT2D eigenvalue weighted by atomic mass is 16.6. The Morgan fingerprint density at radius 3 is 2.18 bits per heavy atom. The monoisotopic (exact) mass is 448 g/mol. The molecule has 6 nitrogen and oxygen atoms in total. The second-order valence-corrected chi connectivity index (χ2v) is 6.77. The summed E-state index contributed by atoms with van der Waals surface area (Å²) in [6.07, 6.45) is 6.64. The highest BCUT2D eigenvalue weighted by Gasteiger charge is 2.24. The van der Waals surface area contributed by atoms with Crippen molar-refractivity contribution in [2.24, 2.45) is 0 Å². The Kier molecular flexibility index (Phi) is 10.8. The molecular weight excluding hydrogens is 420 g/mol. The first-order valence-corrected chi connectivity index (χ1v) is 10.4. The summed E-state index contributed by atoms with van der Waals surface area (Å²) in [6, 6.07) is 14.5. The molecular formula is C27H28O6. The molecule has 0 aliphatic heterocycles. The molecule has 2 aromatic rings. The number of esters is 2. The van der Waals surface area contributed by atoms with Crippen LogP contribution in [0, 0.1) is 0 Å². The third-order valence-corrected chi connectivity index (χ3v) is 4.22. The lowest BCUT2D eigenvalue weighted by molar-refractivity contribution is -0.164. The number of carbonyl (C=O) groups excluding carboxylic acids is 2. The van der Waals surface area contributed by atoms with E-state index in [1.54, 1.807) is 36.4 Å². The van der Waals surface area contributed by atoms with Crippen molar-refractivity contribution >= 4 is 18.0 Å². The highest BCUT2D eigenvalue weighted by Crippen LogP contribution is 2.29. The number of benzene rings is 2. The highest BCUT2D eigenvalue weighted by molar-refractivity contribution is 5.89. The molecule has 0 spiro atoms. The lowest BCUT2D eigenvalue weighted by atomic mass is 10.1. The number of hydrogen-bond donors (Lipinski definition) is 0. The Balaban J connectivity index is 2.11. The van der Waals surface area contributed by atoms with E-state index in [1.807, 2.05) is 30.3 Å². The van der Waals surface area contributed by atoms with Crippen molar-refractivity contribution in [2.75, 3.05) is 19.8 Å². The number of carbonyl (C=O) groups is 2. The predicted molar refractivity (Wildman–Crippen MR) is 128 cm³/mol. The zero-order chi connectivity index (χ0) is 23.9. The van der Waals surface area contributed by atoms with Crippen molar-refractivity contribution in [1.82, 2.24) is 0 Å². The van der Waals surface area contributed by atoms with Gasteiger partial charge < -0.3 is 18.9 Å². The van der Waals surface area contributed by atoms with Crippen molar-refractivity contribution < 1.29 is 28.5 Å². The second kappa shape index (κ2) is 14.1. The van der Waals surface area contributed by atoms with Gasteiger partial charge in [0.1, 0.15) is 19.8 Å². The molecule has 0 fully saturated rings. The molecule has 2 rings (SSSR count). The number of hydrogen-bond acceptors (Lipinski definition) is 6. The first-order valence-electron chi connectivity index (χ1n) is 10.4. The molecule has 0 saturated heterocycles. The summed E-state index contributed by atoms with van der Waals surface area (Å²) in [5.41, 5.74) is 1.53. The lowest BCUT2D eigenvalue weighted by Crippen LogP contribution is -2.30. The zero-order valence-corrected chi connectivity index (χ0v) is 18.5. The molecule has 0 aliphatic carbocycles. The largest absolute Gasteiger partial charge is 0.486 e. The van der Waals surface area contributed by atoms with Crippen molar-refractivity contribution in [3.63, 3.8) is 0 Å². The van der Waals surface area contributed by atoms with Crippen molar-refractivity contribution in [1.29, 1.82) is 0 Å². The zero-order valence-electron chi connectivity index (χ0n) is 18.5. The van der Waals surface area contributed by atoms with Crippen LogP contribution in [0.4, 0.5) is 0 Å². The van der Waals surface area contributed by atoms with E-state index in [0.717, 1.165) is 5.56 Å². The maximum atomic E-state index is 12.4. The minimum atomic E-state index is -1.08. The van der Waals surface area contributed by atoms with Gasteiger partial charge in [0.05, 0.1) is 0 Å². The van der Waals surface area contributed by atoms with Crippen LogP contribution in [-0.4, -0.2) is 37.9 Å². The van der Waals surface area contributed by atoms with E-state index in [4.69, 9.17) is 18.9 Å². The van der Waals surface area contributed by atoms with Gasteiger partial charge in [0.25, 0.3) is 0 Å². The van der Waals surface area contributed by atoms with E-state index in [9.17, 15) is 9.59 Å². The van der Waals surface area contributed by atoms with Crippen LogP contribution < -0.4 is 9.47 Å². The van der Waals surface area contributed by atoms with Gasteiger partial charge in [-0.2, -0.15) is 0 Å². The fourth-order valence-corrected chi connectivity index (χ4v) is 2.74. The smallest absolute Gasteiger partial charge is 0.348 e. The van der Waals surface area contributed by atoms with E-state index < -0.39 is 18.0 Å². The first-order chi connectivity index (χ1) is 16.1. The predicted octanol–water partition coefficient (Wildman–Crippen LogP) is 4.71. The molecule has 0 aromatic heterocycles. The van der Waals surface area contributed by atoms with Gasteiger partial charge in [0.2, 0.25) is 6.10 Å². The Bertz CT molecular complexity index is 977. The van der Waals surface area contributed by atoms with Crippen LogP contribution in [0.3, 0.4) is 0 Å². The molecule has 0 heterocycles. The van der Waals surface area contributed by atoms with Gasteiger partial charge >= 0.3 is 11.9 Å². The topological polar surface area (TPSA) is 71.1 Å². The molecule has 172 valence electrons. The van der Waals surface area contributed by atoms with E-state index in [2.05, 4.69) is 19.7 Å². The second-order valence-electron chi connectivity index (χ2n) is 6.77. The molecule has 0 unspecified atom stereocenters. The van der Waals surface area contributed by atoms with E-state index >= 15 is 0 Å². The van der Waals surface area contributed by atoms with Gasteiger partial charge in [-0.25, -0.2) is 9.59 Å². The third-order valence-electron chi connectivity index (χ3n) is 4.22. The van der Waals surface area contributed by atoms with Crippen molar-refractivity contribution in [3.8, 4) is 11.5 Å². The molecule has 0 N–H and O–H groups in total. The minimum Gasteiger partial charge on any atom is -0.486 e. The van der Waals surface area contributed by atoms with Crippen LogP contribution >= 0.6 is 0 Å². The Hall–Kier alpha value is -4.06. The van der Waals surface area contributed by atoms with Crippen LogP contribution in [-0.2, 0) is 25.5 Å². The maximum Gasteiger partial charge on any atom is 0.348 e. The normalized spacial score (nSPS) is 11.3. The number of ether oxygens (including phenoxy) is 4. The summed E-state index contributed by atoms with van der Waals surface area (Å²) in [5, 5.41) is 0. The molecule has 0 amide bonds. The summed E-state index contributed by atoms with van der Waals surface area (Å²) >= 11 is 0. The minimum absolute atomic E-state index is 0.0330. The Morgan fingerprint density at radius 2 is 1.52 bits per heavy atom. The molecule has 33 heavy (non-hydrogen) atoms. The van der Waals surface area contributed by atoms with Crippen LogP contribution in [0.25, 0.3) is 6.08 Å². The van der Waals surface area contributed by atoms with Gasteiger partial charge in [-0.1, -0.05) is 74.4 Å². The van der Waals surface area contributed by atoms with Crippen molar-refractivity contribution in [3.05, 3.63) is 104 Å². The van der Waals surface area contributed by atoms with Crippen LogP contribution in [0.15, 0.2) is 92.6 Å². The Labute approximate surface area is 194 Å². The summed E-state index contributed by atoms with van der Waals surface area (Å²) in [6.45, 7) is 11.5. The summed E-state index contributed by atoms with van der Waals surface area (Å²) < 4.78 is 21.7. The molecule has 0 bridgehead atoms. The van der Waals surface area contributed by atoms with Crippen LogP contribution in [0.5, 0.6) is 11.5 Å². The van der Waals surface area contributed by atoms with Gasteiger partial charge in [-0.15, -0.1) is 0 Å². The standard InChI is InChI=1S/C27H28O6/c1-4-16-30-23-14-12-22(19-24(23)31-17-5-2)13-15-26(28)33-25(27(29)32-18-6-3)20-21-10-8-7-9-11-21/h4-15,19,25H,1-3,16-18,20H2/b15-13+/t25-/m1/s1. The molecule has 1 atom stereocenters. The van der Waals surface area contributed by atoms with Crippen molar-refractivity contribution in [2.45, 2.75) is 12.5 Å². The summed E-state index contributed by atoms with van der Waals surface area (Å²) in [5.74, 6) is -0.261. The molecule has 0 aliphatic rings. The molecule has 6 heteroatoms. The SMILES string of the molecule is C=CCOC(=O)[C@@H](Cc1ccccc1)OC(=O)/C=C/c1ccc(OCC=C)c(OCC=C)c1. The third kappa shape index (κ3) is 8.91. The quantitative estimate of drug-likeness (QED) is 0.237. The van der Waals surface area contributed by atoms with Crippen LogP contribution in [0.1, 0.15) is 11.1 Å². The fourth-order valence-electron chi connectivity index (χ4n) is 2.74. The van der Waals surface area contributed by atoms with Crippen LogP contribution in [0.2, 0.25) is 0 Å². The van der Waals surface area contributed by atoms with Gasteiger partial charge in [-0.05, 0) is 29.3 Å². The average molecular weight is 449 g/mol. The van der Waals surface area contributed by atoms with Gasteiger partial charge in [0, 0.05) is 12.5 Å².